The highest BCUT2D eigenvalue weighted by Gasteiger charge is 2.21. The second kappa shape index (κ2) is 6.19. The number of hydrogen-bond acceptors (Lipinski definition) is 1. The maximum Gasteiger partial charge on any atom is 0.235 e. The summed E-state index contributed by atoms with van der Waals surface area (Å²) in [6.45, 7) is 6.28. The fraction of sp³-hybridized carbons (Fsp3) is 0.500. The van der Waals surface area contributed by atoms with Crippen molar-refractivity contribution in [2.75, 3.05) is 5.88 Å². The maximum atomic E-state index is 12.9. The van der Waals surface area contributed by atoms with Gasteiger partial charge in [0.05, 0.1) is 6.04 Å². The molecule has 0 radical (unpaired) electrons. The lowest BCUT2D eigenvalue weighted by Crippen LogP contribution is -2.32. The molecule has 0 aliphatic heterocycles. The van der Waals surface area contributed by atoms with E-state index in [9.17, 15) is 9.18 Å². The number of rotatable bonds is 4. The Kier molecular flexibility index (Phi) is 5.15. The van der Waals surface area contributed by atoms with Crippen LogP contribution in [0.1, 0.15) is 38.8 Å². The SMILES string of the molecule is CC(C)(C)C[C@@H](NC(=O)CCl)c1ccc(F)cc1. The Balaban J connectivity index is 2.89. The molecule has 1 rings (SSSR count). The van der Waals surface area contributed by atoms with Gasteiger partial charge in [0.25, 0.3) is 0 Å². The van der Waals surface area contributed by atoms with Crippen LogP contribution in [0.2, 0.25) is 0 Å². The van der Waals surface area contributed by atoms with Gasteiger partial charge in [0.15, 0.2) is 0 Å². The third-order valence-corrected chi connectivity index (χ3v) is 2.79. The Labute approximate surface area is 113 Å². The predicted molar refractivity (Wildman–Crippen MR) is 72.1 cm³/mol. The summed E-state index contributed by atoms with van der Waals surface area (Å²) in [6.07, 6.45) is 0.765. The lowest BCUT2D eigenvalue weighted by atomic mass is 9.85. The predicted octanol–water partition coefficient (Wildman–Crippen LogP) is 3.66. The van der Waals surface area contributed by atoms with Crippen LogP contribution in [0, 0.1) is 11.2 Å². The molecule has 0 aliphatic carbocycles. The van der Waals surface area contributed by atoms with Crippen molar-refractivity contribution >= 4 is 17.5 Å². The molecule has 0 unspecified atom stereocenters. The Bertz CT molecular complexity index is 397. The third kappa shape index (κ3) is 5.05. The van der Waals surface area contributed by atoms with Gasteiger partial charge in [0.2, 0.25) is 5.91 Å². The number of benzene rings is 1. The Morgan fingerprint density at radius 2 is 1.89 bits per heavy atom. The van der Waals surface area contributed by atoms with Gasteiger partial charge in [-0.3, -0.25) is 4.79 Å². The number of carbonyl (C=O) groups excluding carboxylic acids is 1. The van der Waals surface area contributed by atoms with Crippen LogP contribution in [0.3, 0.4) is 0 Å². The summed E-state index contributed by atoms with van der Waals surface area (Å²) < 4.78 is 12.9. The second-order valence-electron chi connectivity index (χ2n) is 5.57. The van der Waals surface area contributed by atoms with Crippen molar-refractivity contribution in [1.82, 2.24) is 5.32 Å². The van der Waals surface area contributed by atoms with Crippen LogP contribution in [0.25, 0.3) is 0 Å². The van der Waals surface area contributed by atoms with Crippen molar-refractivity contribution in [2.24, 2.45) is 5.41 Å². The molecule has 100 valence electrons. The topological polar surface area (TPSA) is 29.1 Å². The number of alkyl halides is 1. The fourth-order valence-corrected chi connectivity index (χ4v) is 1.87. The Morgan fingerprint density at radius 1 is 1.33 bits per heavy atom. The number of hydrogen-bond donors (Lipinski definition) is 1. The van der Waals surface area contributed by atoms with E-state index in [4.69, 9.17) is 11.6 Å². The van der Waals surface area contributed by atoms with Gasteiger partial charge in [-0.25, -0.2) is 4.39 Å². The molecule has 1 aromatic carbocycles. The molecule has 0 aromatic heterocycles. The van der Waals surface area contributed by atoms with Gasteiger partial charge in [-0.2, -0.15) is 0 Å². The Hall–Kier alpha value is -1.09. The van der Waals surface area contributed by atoms with E-state index in [0.29, 0.717) is 0 Å². The number of amides is 1. The van der Waals surface area contributed by atoms with E-state index in [1.54, 1.807) is 12.1 Å². The van der Waals surface area contributed by atoms with Gasteiger partial charge in [-0.15, -0.1) is 11.6 Å². The van der Waals surface area contributed by atoms with Crippen molar-refractivity contribution in [3.8, 4) is 0 Å². The summed E-state index contributed by atoms with van der Waals surface area (Å²) >= 11 is 5.51. The molecule has 0 heterocycles. The first-order valence-corrected chi connectivity index (χ1v) is 6.46. The average Bonchev–Trinajstić information content (AvgIpc) is 2.27. The highest BCUT2D eigenvalue weighted by molar-refractivity contribution is 6.27. The van der Waals surface area contributed by atoms with Crippen LogP contribution in [-0.2, 0) is 4.79 Å². The van der Waals surface area contributed by atoms with Crippen molar-refractivity contribution in [2.45, 2.75) is 33.2 Å². The minimum atomic E-state index is -0.281. The first-order valence-electron chi connectivity index (χ1n) is 5.92. The van der Waals surface area contributed by atoms with Gasteiger partial charge in [-0.05, 0) is 29.5 Å². The lowest BCUT2D eigenvalue weighted by molar-refractivity contribution is -0.119. The standard InChI is InChI=1S/C14H19ClFNO/c1-14(2,3)8-12(17-13(18)9-15)10-4-6-11(16)7-5-10/h4-7,12H,8-9H2,1-3H3,(H,17,18)/t12-/m1/s1. The minimum Gasteiger partial charge on any atom is -0.348 e. The van der Waals surface area contributed by atoms with Crippen LogP contribution in [0.5, 0.6) is 0 Å². The van der Waals surface area contributed by atoms with Gasteiger partial charge in [0, 0.05) is 0 Å². The normalized spacial score (nSPS) is 13.2. The van der Waals surface area contributed by atoms with Crippen LogP contribution in [0.4, 0.5) is 4.39 Å². The quantitative estimate of drug-likeness (QED) is 0.832. The molecule has 1 amide bonds. The summed E-state index contributed by atoms with van der Waals surface area (Å²) in [5.41, 5.74) is 0.948. The van der Waals surface area contributed by atoms with E-state index < -0.39 is 0 Å². The molecule has 0 spiro atoms. The van der Waals surface area contributed by atoms with Crippen molar-refractivity contribution in [3.05, 3.63) is 35.6 Å². The van der Waals surface area contributed by atoms with Gasteiger partial charge < -0.3 is 5.32 Å². The van der Waals surface area contributed by atoms with E-state index >= 15 is 0 Å². The van der Waals surface area contributed by atoms with Crippen LogP contribution in [-0.4, -0.2) is 11.8 Å². The molecular formula is C14H19ClFNO. The fourth-order valence-electron chi connectivity index (χ4n) is 1.79. The maximum absolute atomic E-state index is 12.9. The molecule has 1 atom stereocenters. The first-order chi connectivity index (χ1) is 8.31. The number of carbonyl (C=O) groups is 1. The average molecular weight is 272 g/mol. The second-order valence-corrected chi connectivity index (χ2v) is 5.84. The molecule has 2 nitrogen and oxygen atoms in total. The molecule has 0 saturated carbocycles. The first kappa shape index (κ1) is 15.0. The summed E-state index contributed by atoms with van der Waals surface area (Å²) in [6, 6.07) is 6.05. The molecule has 0 saturated heterocycles. The van der Waals surface area contributed by atoms with Crippen molar-refractivity contribution < 1.29 is 9.18 Å². The van der Waals surface area contributed by atoms with Gasteiger partial charge >= 0.3 is 0 Å². The summed E-state index contributed by atoms with van der Waals surface area (Å²) in [4.78, 5) is 11.4. The van der Waals surface area contributed by atoms with Crippen molar-refractivity contribution in [1.29, 1.82) is 0 Å². The Morgan fingerprint density at radius 3 is 2.33 bits per heavy atom. The van der Waals surface area contributed by atoms with Gasteiger partial charge in [-0.1, -0.05) is 32.9 Å². The van der Waals surface area contributed by atoms with E-state index in [1.807, 2.05) is 0 Å². The largest absolute Gasteiger partial charge is 0.348 e. The lowest BCUT2D eigenvalue weighted by Gasteiger charge is -2.27. The molecule has 1 aromatic rings. The van der Waals surface area contributed by atoms with E-state index in [-0.39, 0.29) is 29.1 Å². The van der Waals surface area contributed by atoms with Gasteiger partial charge in [0.1, 0.15) is 11.7 Å². The van der Waals surface area contributed by atoms with Crippen LogP contribution >= 0.6 is 11.6 Å². The summed E-state index contributed by atoms with van der Waals surface area (Å²) in [5, 5.41) is 2.87. The van der Waals surface area contributed by atoms with Crippen molar-refractivity contribution in [3.63, 3.8) is 0 Å². The summed E-state index contributed by atoms with van der Waals surface area (Å²) in [5.74, 6) is -0.561. The zero-order valence-electron chi connectivity index (χ0n) is 11.0. The van der Waals surface area contributed by atoms with Crippen LogP contribution in [0.15, 0.2) is 24.3 Å². The molecular weight excluding hydrogens is 253 g/mol. The monoisotopic (exact) mass is 271 g/mol. The van der Waals surface area contributed by atoms with E-state index in [1.165, 1.54) is 12.1 Å². The molecule has 0 bridgehead atoms. The van der Waals surface area contributed by atoms with E-state index in [2.05, 4.69) is 26.1 Å². The number of halogens is 2. The molecule has 0 aliphatic rings. The minimum absolute atomic E-state index is 0.0542. The van der Waals surface area contributed by atoms with E-state index in [0.717, 1.165) is 12.0 Å². The molecule has 1 N–H and O–H groups in total. The number of nitrogens with one attached hydrogen (secondary N) is 1. The van der Waals surface area contributed by atoms with Crippen LogP contribution < -0.4 is 5.32 Å². The smallest absolute Gasteiger partial charge is 0.235 e. The highest BCUT2D eigenvalue weighted by atomic mass is 35.5. The summed E-state index contributed by atoms with van der Waals surface area (Å²) in [7, 11) is 0. The molecule has 18 heavy (non-hydrogen) atoms. The zero-order chi connectivity index (χ0) is 13.8. The molecule has 0 fully saturated rings. The highest BCUT2D eigenvalue weighted by Crippen LogP contribution is 2.29. The molecule has 4 heteroatoms. The zero-order valence-corrected chi connectivity index (χ0v) is 11.7. The third-order valence-electron chi connectivity index (χ3n) is 2.55.